The van der Waals surface area contributed by atoms with E-state index in [0.717, 1.165) is 37.3 Å². The number of carbonyl (C=O) groups excluding carboxylic acids is 1. The molecule has 3 heteroatoms. The second kappa shape index (κ2) is 8.73. The highest BCUT2D eigenvalue weighted by Gasteiger charge is 2.32. The summed E-state index contributed by atoms with van der Waals surface area (Å²) in [6, 6.07) is 14.8. The minimum absolute atomic E-state index is 0.155. The number of amides is 1. The van der Waals surface area contributed by atoms with Crippen LogP contribution in [0.3, 0.4) is 0 Å². The molecule has 2 nitrogen and oxygen atoms in total. The standard InChI is InChI=1S/C25H33NOS/c1-17-6-7-18(2)23(16-17)28-22-14-12-21(13-15-22)26-24(27)19-8-10-20(11-9-19)25(3,4)5/h6-7,12-16,19-20H,8-11H2,1-5H3,(H,26,27). The molecular weight excluding hydrogens is 362 g/mol. The molecule has 1 N–H and O–H groups in total. The van der Waals surface area contributed by atoms with Gasteiger partial charge in [0.25, 0.3) is 0 Å². The van der Waals surface area contributed by atoms with Crippen LogP contribution in [0.5, 0.6) is 0 Å². The fourth-order valence-electron chi connectivity index (χ4n) is 4.02. The van der Waals surface area contributed by atoms with Crippen molar-refractivity contribution < 1.29 is 4.79 Å². The molecule has 0 spiro atoms. The first-order chi connectivity index (χ1) is 13.2. The zero-order chi connectivity index (χ0) is 20.3. The van der Waals surface area contributed by atoms with E-state index in [4.69, 9.17) is 0 Å². The van der Waals surface area contributed by atoms with E-state index < -0.39 is 0 Å². The first-order valence-corrected chi connectivity index (χ1v) is 11.2. The molecule has 150 valence electrons. The first-order valence-electron chi connectivity index (χ1n) is 10.4. The monoisotopic (exact) mass is 395 g/mol. The van der Waals surface area contributed by atoms with Crippen LogP contribution in [-0.2, 0) is 4.79 Å². The number of aryl methyl sites for hydroxylation is 2. The van der Waals surface area contributed by atoms with Gasteiger partial charge in [-0.05, 0) is 92.3 Å². The van der Waals surface area contributed by atoms with Gasteiger partial charge in [-0.15, -0.1) is 0 Å². The van der Waals surface area contributed by atoms with Crippen molar-refractivity contribution in [2.75, 3.05) is 5.32 Å². The number of hydrogen-bond acceptors (Lipinski definition) is 2. The van der Waals surface area contributed by atoms with Gasteiger partial charge >= 0.3 is 0 Å². The van der Waals surface area contributed by atoms with E-state index in [1.807, 2.05) is 12.1 Å². The lowest BCUT2D eigenvalue weighted by molar-refractivity contribution is -0.121. The van der Waals surface area contributed by atoms with Gasteiger partial charge in [0.15, 0.2) is 0 Å². The molecule has 1 aliphatic carbocycles. The van der Waals surface area contributed by atoms with Crippen LogP contribution in [0.2, 0.25) is 0 Å². The Bertz CT molecular complexity index is 811. The van der Waals surface area contributed by atoms with E-state index in [0.29, 0.717) is 5.41 Å². The molecule has 0 aliphatic heterocycles. The molecule has 1 saturated carbocycles. The number of rotatable bonds is 4. The van der Waals surface area contributed by atoms with Crippen molar-refractivity contribution in [3.63, 3.8) is 0 Å². The fourth-order valence-corrected chi connectivity index (χ4v) is 5.02. The Labute approximate surface area is 174 Å². The van der Waals surface area contributed by atoms with Gasteiger partial charge < -0.3 is 5.32 Å². The molecule has 0 heterocycles. The minimum Gasteiger partial charge on any atom is -0.326 e. The number of anilines is 1. The lowest BCUT2D eigenvalue weighted by atomic mass is 9.69. The summed E-state index contributed by atoms with van der Waals surface area (Å²) in [6.07, 6.45) is 4.34. The maximum atomic E-state index is 12.7. The Morgan fingerprint density at radius 3 is 2.21 bits per heavy atom. The highest BCUT2D eigenvalue weighted by molar-refractivity contribution is 7.99. The normalized spacial score (nSPS) is 20.0. The quantitative estimate of drug-likeness (QED) is 0.591. The van der Waals surface area contributed by atoms with Crippen molar-refractivity contribution in [2.24, 2.45) is 17.3 Å². The van der Waals surface area contributed by atoms with Crippen molar-refractivity contribution in [3.8, 4) is 0 Å². The van der Waals surface area contributed by atoms with Gasteiger partial charge in [0.05, 0.1) is 0 Å². The predicted molar refractivity (Wildman–Crippen MR) is 120 cm³/mol. The molecule has 0 bridgehead atoms. The highest BCUT2D eigenvalue weighted by Crippen LogP contribution is 2.40. The van der Waals surface area contributed by atoms with Crippen LogP contribution in [0.4, 0.5) is 5.69 Å². The summed E-state index contributed by atoms with van der Waals surface area (Å²) in [6.45, 7) is 11.2. The van der Waals surface area contributed by atoms with Crippen LogP contribution >= 0.6 is 11.8 Å². The molecule has 2 aromatic rings. The van der Waals surface area contributed by atoms with E-state index in [2.05, 4.69) is 70.3 Å². The Morgan fingerprint density at radius 1 is 0.964 bits per heavy atom. The van der Waals surface area contributed by atoms with Gasteiger partial charge in [-0.25, -0.2) is 0 Å². The Hall–Kier alpha value is -1.74. The molecule has 28 heavy (non-hydrogen) atoms. The number of benzene rings is 2. The molecule has 0 unspecified atom stereocenters. The molecular formula is C25H33NOS. The molecule has 0 saturated heterocycles. The molecule has 0 atom stereocenters. The third kappa shape index (κ3) is 5.41. The molecule has 3 rings (SSSR count). The second-order valence-corrected chi connectivity index (χ2v) is 10.4. The smallest absolute Gasteiger partial charge is 0.227 e. The van der Waals surface area contributed by atoms with Gasteiger partial charge in [-0.1, -0.05) is 44.7 Å². The summed E-state index contributed by atoms with van der Waals surface area (Å²) in [7, 11) is 0. The van der Waals surface area contributed by atoms with Gasteiger partial charge in [-0.3, -0.25) is 4.79 Å². The fraction of sp³-hybridized carbons (Fsp3) is 0.480. The van der Waals surface area contributed by atoms with Crippen LogP contribution in [0.25, 0.3) is 0 Å². The SMILES string of the molecule is Cc1ccc(C)c(Sc2ccc(NC(=O)C3CCC(C(C)(C)C)CC3)cc2)c1. The van der Waals surface area contributed by atoms with Gasteiger partial charge in [0, 0.05) is 21.4 Å². The lowest BCUT2D eigenvalue weighted by Crippen LogP contribution is -2.31. The van der Waals surface area contributed by atoms with Gasteiger partial charge in [-0.2, -0.15) is 0 Å². The highest BCUT2D eigenvalue weighted by atomic mass is 32.2. The number of nitrogens with one attached hydrogen (secondary N) is 1. The van der Waals surface area contributed by atoms with Crippen LogP contribution in [-0.4, -0.2) is 5.91 Å². The van der Waals surface area contributed by atoms with Crippen molar-refractivity contribution in [1.82, 2.24) is 0 Å². The Balaban J connectivity index is 1.56. The summed E-state index contributed by atoms with van der Waals surface area (Å²) in [5.74, 6) is 1.07. The Morgan fingerprint density at radius 2 is 1.61 bits per heavy atom. The van der Waals surface area contributed by atoms with Crippen molar-refractivity contribution in [2.45, 2.75) is 70.1 Å². The molecule has 1 fully saturated rings. The first kappa shape index (κ1) is 21.0. The van der Waals surface area contributed by atoms with Gasteiger partial charge in [0.1, 0.15) is 0 Å². The Kier molecular flexibility index (Phi) is 6.54. The molecule has 2 aromatic carbocycles. The summed E-state index contributed by atoms with van der Waals surface area (Å²) in [4.78, 5) is 15.1. The average Bonchev–Trinajstić information content (AvgIpc) is 2.65. The van der Waals surface area contributed by atoms with Gasteiger partial charge in [0.2, 0.25) is 5.91 Å². The van der Waals surface area contributed by atoms with E-state index in [1.54, 1.807) is 11.8 Å². The van der Waals surface area contributed by atoms with Crippen molar-refractivity contribution in [3.05, 3.63) is 53.6 Å². The second-order valence-electron chi connectivity index (χ2n) is 9.30. The summed E-state index contributed by atoms with van der Waals surface area (Å²) in [5.41, 5.74) is 3.81. The molecule has 1 amide bonds. The summed E-state index contributed by atoms with van der Waals surface area (Å²) >= 11 is 1.77. The van der Waals surface area contributed by atoms with Crippen LogP contribution in [0.1, 0.15) is 57.6 Å². The van der Waals surface area contributed by atoms with E-state index in [1.165, 1.54) is 20.9 Å². The minimum atomic E-state index is 0.155. The average molecular weight is 396 g/mol. The maximum Gasteiger partial charge on any atom is 0.227 e. The van der Waals surface area contributed by atoms with Crippen molar-refractivity contribution in [1.29, 1.82) is 0 Å². The molecule has 1 aliphatic rings. The van der Waals surface area contributed by atoms with E-state index in [9.17, 15) is 4.79 Å². The maximum absolute atomic E-state index is 12.7. The summed E-state index contributed by atoms with van der Waals surface area (Å²) < 4.78 is 0. The third-order valence-electron chi connectivity index (χ3n) is 6.02. The predicted octanol–water partition coefficient (Wildman–Crippen LogP) is 7.25. The third-order valence-corrected chi connectivity index (χ3v) is 7.18. The van der Waals surface area contributed by atoms with Crippen molar-refractivity contribution >= 4 is 23.4 Å². The topological polar surface area (TPSA) is 29.1 Å². The van der Waals surface area contributed by atoms with Crippen LogP contribution in [0, 0.1) is 31.1 Å². The number of carbonyl (C=O) groups is 1. The van der Waals surface area contributed by atoms with Crippen LogP contribution < -0.4 is 5.32 Å². The largest absolute Gasteiger partial charge is 0.326 e. The zero-order valence-corrected chi connectivity index (χ0v) is 18.7. The number of hydrogen-bond donors (Lipinski definition) is 1. The summed E-state index contributed by atoms with van der Waals surface area (Å²) in [5, 5.41) is 3.13. The van der Waals surface area contributed by atoms with E-state index >= 15 is 0 Å². The zero-order valence-electron chi connectivity index (χ0n) is 17.8. The lowest BCUT2D eigenvalue weighted by Gasteiger charge is -2.36. The van der Waals surface area contributed by atoms with Crippen LogP contribution in [0.15, 0.2) is 52.3 Å². The van der Waals surface area contributed by atoms with E-state index in [-0.39, 0.29) is 11.8 Å². The molecule has 0 radical (unpaired) electrons. The molecule has 0 aromatic heterocycles.